The fraction of sp³-hybridized carbons (Fsp3) is 0.467. The summed E-state index contributed by atoms with van der Waals surface area (Å²) in [5.74, 6) is -0.174. The monoisotopic (exact) mass is 340 g/mol. The van der Waals surface area contributed by atoms with Gasteiger partial charge in [0.25, 0.3) is 0 Å². The van der Waals surface area contributed by atoms with Gasteiger partial charge in [0.2, 0.25) is 5.91 Å². The Morgan fingerprint density at radius 2 is 2.18 bits per heavy atom. The van der Waals surface area contributed by atoms with E-state index in [2.05, 4.69) is 5.32 Å². The molecular weight excluding hydrogens is 320 g/mol. The summed E-state index contributed by atoms with van der Waals surface area (Å²) in [7, 11) is 0. The molecule has 0 fully saturated rings. The van der Waals surface area contributed by atoms with Crippen LogP contribution in [0, 0.1) is 13.8 Å². The molecule has 0 aliphatic heterocycles. The van der Waals surface area contributed by atoms with Crippen molar-refractivity contribution >= 4 is 28.6 Å². The van der Waals surface area contributed by atoms with Crippen LogP contribution in [0.5, 0.6) is 0 Å². The van der Waals surface area contributed by atoms with Crippen LogP contribution in [-0.4, -0.2) is 22.1 Å². The zero-order chi connectivity index (χ0) is 16.3. The standard InChI is InChI=1S/C15H20N2O3S2/c1-10-11(2)22-14(19)17(10)7-6-13(18)16-9-15(3,20)12-5-4-8-21-12/h4-5,8,20H,6-7,9H2,1-3H3,(H,16,18). The van der Waals surface area contributed by atoms with Crippen molar-refractivity contribution in [1.82, 2.24) is 9.88 Å². The molecule has 1 amide bonds. The molecule has 1 unspecified atom stereocenters. The molecule has 22 heavy (non-hydrogen) atoms. The molecule has 7 heteroatoms. The number of nitrogens with one attached hydrogen (secondary N) is 1. The first kappa shape index (κ1) is 16.9. The smallest absolute Gasteiger partial charge is 0.307 e. The highest BCUT2D eigenvalue weighted by Gasteiger charge is 2.24. The topological polar surface area (TPSA) is 71.3 Å². The van der Waals surface area contributed by atoms with Gasteiger partial charge in [0, 0.05) is 28.4 Å². The molecule has 2 heterocycles. The minimum atomic E-state index is -1.07. The lowest BCUT2D eigenvalue weighted by Gasteiger charge is -2.22. The van der Waals surface area contributed by atoms with Crippen molar-refractivity contribution < 1.29 is 9.90 Å². The highest BCUT2D eigenvalue weighted by atomic mass is 32.1. The second-order valence-electron chi connectivity index (χ2n) is 5.44. The average Bonchev–Trinajstić information content (AvgIpc) is 3.06. The van der Waals surface area contributed by atoms with Gasteiger partial charge in [-0.1, -0.05) is 17.4 Å². The Morgan fingerprint density at radius 3 is 2.73 bits per heavy atom. The second-order valence-corrected chi connectivity index (χ2v) is 7.55. The van der Waals surface area contributed by atoms with E-state index in [4.69, 9.17) is 0 Å². The Bertz CT molecular complexity index is 699. The third-order valence-corrected chi connectivity index (χ3v) is 5.74. The molecule has 2 aromatic rings. The van der Waals surface area contributed by atoms with Crippen LogP contribution in [0.15, 0.2) is 22.3 Å². The Hall–Kier alpha value is -1.44. The predicted octanol–water partition coefficient (Wildman–Crippen LogP) is 2.00. The fourth-order valence-corrected chi connectivity index (χ4v) is 3.74. The number of amides is 1. The lowest BCUT2D eigenvalue weighted by molar-refractivity contribution is -0.122. The minimum absolute atomic E-state index is 0.0339. The van der Waals surface area contributed by atoms with E-state index in [1.54, 1.807) is 11.5 Å². The zero-order valence-electron chi connectivity index (χ0n) is 12.9. The summed E-state index contributed by atoms with van der Waals surface area (Å²) < 4.78 is 1.62. The molecule has 1 atom stereocenters. The number of thiophene rings is 1. The summed E-state index contributed by atoms with van der Waals surface area (Å²) in [6.07, 6.45) is 0.220. The maximum atomic E-state index is 11.9. The molecule has 2 rings (SSSR count). The third kappa shape index (κ3) is 3.85. The summed E-state index contributed by atoms with van der Waals surface area (Å²) in [6.45, 7) is 5.98. The summed E-state index contributed by atoms with van der Waals surface area (Å²) in [4.78, 5) is 25.4. The minimum Gasteiger partial charge on any atom is -0.383 e. The number of hydrogen-bond acceptors (Lipinski definition) is 5. The van der Waals surface area contributed by atoms with Crippen molar-refractivity contribution in [3.8, 4) is 0 Å². The van der Waals surface area contributed by atoms with Crippen molar-refractivity contribution in [2.24, 2.45) is 0 Å². The number of rotatable bonds is 6. The largest absolute Gasteiger partial charge is 0.383 e. The molecule has 5 nitrogen and oxygen atoms in total. The van der Waals surface area contributed by atoms with Gasteiger partial charge in [-0.3, -0.25) is 9.59 Å². The van der Waals surface area contributed by atoms with Gasteiger partial charge in [-0.2, -0.15) is 0 Å². The summed E-state index contributed by atoms with van der Waals surface area (Å²) in [5, 5.41) is 15.0. The first-order valence-corrected chi connectivity index (χ1v) is 8.71. The van der Waals surface area contributed by atoms with Gasteiger partial charge in [-0.25, -0.2) is 0 Å². The van der Waals surface area contributed by atoms with E-state index >= 15 is 0 Å². The highest BCUT2D eigenvalue weighted by molar-refractivity contribution is 7.10. The van der Waals surface area contributed by atoms with Crippen molar-refractivity contribution in [1.29, 1.82) is 0 Å². The van der Waals surface area contributed by atoms with Crippen LogP contribution in [-0.2, 0) is 16.9 Å². The number of aromatic nitrogens is 1. The molecular formula is C15H20N2O3S2. The van der Waals surface area contributed by atoms with Crippen molar-refractivity contribution in [2.75, 3.05) is 6.54 Å². The van der Waals surface area contributed by atoms with Crippen molar-refractivity contribution in [2.45, 2.75) is 39.3 Å². The quantitative estimate of drug-likeness (QED) is 0.845. The number of aryl methyl sites for hydroxylation is 1. The van der Waals surface area contributed by atoms with Crippen LogP contribution in [0.1, 0.15) is 28.8 Å². The predicted molar refractivity (Wildman–Crippen MR) is 89.6 cm³/mol. The van der Waals surface area contributed by atoms with Gasteiger partial charge in [0.1, 0.15) is 5.60 Å². The molecule has 2 aromatic heterocycles. The van der Waals surface area contributed by atoms with E-state index in [1.807, 2.05) is 31.4 Å². The number of hydrogen-bond donors (Lipinski definition) is 2. The molecule has 0 spiro atoms. The van der Waals surface area contributed by atoms with Crippen LogP contribution in [0.3, 0.4) is 0 Å². The lowest BCUT2D eigenvalue weighted by atomic mass is 10.1. The molecule has 0 bridgehead atoms. The first-order chi connectivity index (χ1) is 10.3. The van der Waals surface area contributed by atoms with E-state index in [9.17, 15) is 14.7 Å². The Balaban J connectivity index is 1.87. The van der Waals surface area contributed by atoms with Crippen LogP contribution in [0.25, 0.3) is 0 Å². The number of thiazole rings is 1. The normalized spacial score (nSPS) is 13.8. The summed E-state index contributed by atoms with van der Waals surface area (Å²) in [6, 6.07) is 3.71. The summed E-state index contributed by atoms with van der Waals surface area (Å²) in [5.41, 5.74) is -0.163. The SMILES string of the molecule is Cc1sc(=O)n(CCC(=O)NCC(C)(O)c2cccs2)c1C. The van der Waals surface area contributed by atoms with Gasteiger partial charge in [0.15, 0.2) is 0 Å². The molecule has 0 aromatic carbocycles. The maximum Gasteiger partial charge on any atom is 0.307 e. The highest BCUT2D eigenvalue weighted by Crippen LogP contribution is 2.24. The van der Waals surface area contributed by atoms with E-state index in [-0.39, 0.29) is 23.7 Å². The van der Waals surface area contributed by atoms with Crippen molar-refractivity contribution in [3.63, 3.8) is 0 Å². The molecule has 0 aliphatic rings. The van der Waals surface area contributed by atoms with Crippen LogP contribution >= 0.6 is 22.7 Å². The van der Waals surface area contributed by atoms with E-state index in [0.717, 1.165) is 15.4 Å². The fourth-order valence-electron chi connectivity index (χ4n) is 2.09. The Morgan fingerprint density at radius 1 is 1.45 bits per heavy atom. The zero-order valence-corrected chi connectivity index (χ0v) is 14.5. The van der Waals surface area contributed by atoms with E-state index in [0.29, 0.717) is 6.54 Å². The molecule has 0 aliphatic carbocycles. The third-order valence-electron chi connectivity index (χ3n) is 3.62. The van der Waals surface area contributed by atoms with E-state index in [1.165, 1.54) is 22.7 Å². The number of nitrogens with zero attached hydrogens (tertiary/aromatic N) is 1. The number of aliphatic hydroxyl groups is 1. The molecule has 0 saturated carbocycles. The van der Waals surface area contributed by atoms with Crippen LogP contribution in [0.4, 0.5) is 0 Å². The Labute approximate surface area is 137 Å². The van der Waals surface area contributed by atoms with Crippen LogP contribution < -0.4 is 10.2 Å². The lowest BCUT2D eigenvalue weighted by Crippen LogP contribution is -2.38. The maximum absolute atomic E-state index is 11.9. The van der Waals surface area contributed by atoms with Gasteiger partial charge < -0.3 is 15.0 Å². The molecule has 0 saturated heterocycles. The van der Waals surface area contributed by atoms with Gasteiger partial charge >= 0.3 is 4.87 Å². The average molecular weight is 340 g/mol. The number of carbonyl (C=O) groups excluding carboxylic acids is 1. The molecule has 0 radical (unpaired) electrons. The van der Waals surface area contributed by atoms with Crippen LogP contribution in [0.2, 0.25) is 0 Å². The first-order valence-electron chi connectivity index (χ1n) is 7.01. The molecule has 120 valence electrons. The van der Waals surface area contributed by atoms with E-state index < -0.39 is 5.60 Å². The van der Waals surface area contributed by atoms with Gasteiger partial charge in [-0.05, 0) is 32.2 Å². The van der Waals surface area contributed by atoms with Gasteiger partial charge in [0.05, 0.1) is 6.54 Å². The van der Waals surface area contributed by atoms with Crippen molar-refractivity contribution in [3.05, 3.63) is 42.6 Å². The van der Waals surface area contributed by atoms with Gasteiger partial charge in [-0.15, -0.1) is 11.3 Å². The molecule has 2 N–H and O–H groups in total. The Kier molecular flexibility index (Phi) is 5.20. The second kappa shape index (κ2) is 6.76. The summed E-state index contributed by atoms with van der Waals surface area (Å²) >= 11 is 2.65. The number of carbonyl (C=O) groups is 1.